The molecule has 0 amide bonds. The quantitative estimate of drug-likeness (QED) is 0.879. The zero-order valence-corrected chi connectivity index (χ0v) is 13.0. The molecule has 0 aliphatic heterocycles. The van der Waals surface area contributed by atoms with E-state index in [1.807, 2.05) is 0 Å². The summed E-state index contributed by atoms with van der Waals surface area (Å²) in [5.41, 5.74) is 1.18. The van der Waals surface area contributed by atoms with Crippen LogP contribution in [0.1, 0.15) is 11.4 Å². The van der Waals surface area contributed by atoms with E-state index in [2.05, 4.69) is 14.9 Å². The average Bonchev–Trinajstić information content (AvgIpc) is 2.78. The second-order valence-corrected chi connectivity index (χ2v) is 6.05. The Morgan fingerprint density at radius 2 is 1.90 bits per heavy atom. The van der Waals surface area contributed by atoms with Crippen molar-refractivity contribution in [1.29, 1.82) is 0 Å². The fourth-order valence-electron chi connectivity index (χ4n) is 2.03. The summed E-state index contributed by atoms with van der Waals surface area (Å²) in [6, 6.07) is 4.87. The number of sulfonamides is 1. The topological polar surface area (TPSA) is 93.3 Å². The molecule has 0 saturated carbocycles. The van der Waals surface area contributed by atoms with Crippen LogP contribution in [0.5, 0.6) is 11.5 Å². The fraction of sp³-hybridized carbons (Fsp3) is 0.308. The highest BCUT2D eigenvalue weighted by molar-refractivity contribution is 7.92. The number of aromatic nitrogens is 2. The maximum Gasteiger partial charge on any atom is 0.265 e. The summed E-state index contributed by atoms with van der Waals surface area (Å²) < 4.78 is 37.8. The van der Waals surface area contributed by atoms with Gasteiger partial charge in [-0.25, -0.2) is 8.42 Å². The van der Waals surface area contributed by atoms with Crippen molar-refractivity contribution in [2.75, 3.05) is 18.9 Å². The van der Waals surface area contributed by atoms with E-state index in [9.17, 15) is 8.42 Å². The molecule has 21 heavy (non-hydrogen) atoms. The first-order valence-corrected chi connectivity index (χ1v) is 7.63. The molecule has 0 aliphatic carbocycles. The zero-order valence-electron chi connectivity index (χ0n) is 12.2. The number of methoxy groups -OCH3 is 2. The number of nitrogens with one attached hydrogen (secondary N) is 2. The van der Waals surface area contributed by atoms with Gasteiger partial charge >= 0.3 is 0 Å². The highest BCUT2D eigenvalue weighted by Crippen LogP contribution is 2.31. The van der Waals surface area contributed by atoms with E-state index in [1.54, 1.807) is 32.0 Å². The number of aromatic amines is 1. The molecule has 0 fully saturated rings. The van der Waals surface area contributed by atoms with Crippen molar-refractivity contribution in [1.82, 2.24) is 10.2 Å². The second-order valence-electron chi connectivity index (χ2n) is 4.43. The SMILES string of the molecule is COc1ccc(OC)c(NS(=O)(=O)c2c(C)n[nH]c2C)c1. The van der Waals surface area contributed by atoms with Crippen LogP contribution in [0.15, 0.2) is 23.1 Å². The predicted octanol–water partition coefficient (Wildman–Crippen LogP) is 1.84. The molecule has 0 aliphatic rings. The standard InChI is InChI=1S/C13H17N3O4S/c1-8-13(9(2)15-14-8)21(17,18)16-11-7-10(19-3)5-6-12(11)20-4/h5-7,16H,1-4H3,(H,14,15). The molecule has 0 spiro atoms. The summed E-state index contributed by atoms with van der Waals surface area (Å²) in [5.74, 6) is 0.923. The van der Waals surface area contributed by atoms with E-state index in [0.717, 1.165) is 0 Å². The number of ether oxygens (including phenoxy) is 2. The highest BCUT2D eigenvalue weighted by atomic mass is 32.2. The maximum atomic E-state index is 12.5. The molecular formula is C13H17N3O4S. The Kier molecular flexibility index (Phi) is 4.08. The molecule has 0 radical (unpaired) electrons. The van der Waals surface area contributed by atoms with Crippen LogP contribution in [-0.2, 0) is 10.0 Å². The Balaban J connectivity index is 2.46. The van der Waals surface area contributed by atoms with Gasteiger partial charge in [-0.2, -0.15) is 5.10 Å². The molecule has 1 heterocycles. The molecular weight excluding hydrogens is 294 g/mol. The molecule has 2 N–H and O–H groups in total. The smallest absolute Gasteiger partial charge is 0.265 e. The van der Waals surface area contributed by atoms with E-state index in [-0.39, 0.29) is 4.90 Å². The van der Waals surface area contributed by atoms with Gasteiger partial charge in [-0.3, -0.25) is 9.82 Å². The highest BCUT2D eigenvalue weighted by Gasteiger charge is 2.23. The Morgan fingerprint density at radius 1 is 1.19 bits per heavy atom. The first-order chi connectivity index (χ1) is 9.89. The van der Waals surface area contributed by atoms with Gasteiger partial charge in [-0.05, 0) is 26.0 Å². The molecule has 1 aromatic carbocycles. The summed E-state index contributed by atoms with van der Waals surface area (Å²) >= 11 is 0. The van der Waals surface area contributed by atoms with Gasteiger partial charge in [0.25, 0.3) is 10.0 Å². The summed E-state index contributed by atoms with van der Waals surface area (Å²) in [7, 11) is -0.798. The maximum absolute atomic E-state index is 12.5. The number of hydrogen-bond acceptors (Lipinski definition) is 5. The summed E-state index contributed by atoms with van der Waals surface area (Å²) in [5, 5.41) is 6.56. The van der Waals surface area contributed by atoms with Gasteiger partial charge in [-0.15, -0.1) is 0 Å². The molecule has 114 valence electrons. The molecule has 0 unspecified atom stereocenters. The number of H-pyrrole nitrogens is 1. The lowest BCUT2D eigenvalue weighted by molar-refractivity contribution is 0.405. The van der Waals surface area contributed by atoms with Crippen LogP contribution in [0.3, 0.4) is 0 Å². The van der Waals surface area contributed by atoms with Crippen molar-refractivity contribution in [3.05, 3.63) is 29.6 Å². The fourth-order valence-corrected chi connectivity index (χ4v) is 3.46. The largest absolute Gasteiger partial charge is 0.497 e. The number of aryl methyl sites for hydroxylation is 2. The van der Waals surface area contributed by atoms with Gasteiger partial charge in [0.1, 0.15) is 16.4 Å². The van der Waals surface area contributed by atoms with Crippen LogP contribution in [-0.4, -0.2) is 32.8 Å². The molecule has 1 aromatic heterocycles. The van der Waals surface area contributed by atoms with Gasteiger partial charge in [0.05, 0.1) is 31.3 Å². The van der Waals surface area contributed by atoms with E-state index in [4.69, 9.17) is 9.47 Å². The van der Waals surface area contributed by atoms with Gasteiger partial charge < -0.3 is 9.47 Å². The van der Waals surface area contributed by atoms with Crippen LogP contribution in [0.4, 0.5) is 5.69 Å². The van der Waals surface area contributed by atoms with E-state index >= 15 is 0 Å². The minimum Gasteiger partial charge on any atom is -0.497 e. The molecule has 0 saturated heterocycles. The van der Waals surface area contributed by atoms with E-state index in [0.29, 0.717) is 28.6 Å². The summed E-state index contributed by atoms with van der Waals surface area (Å²) in [6.45, 7) is 3.28. The lowest BCUT2D eigenvalue weighted by atomic mass is 10.3. The third kappa shape index (κ3) is 2.94. The van der Waals surface area contributed by atoms with Gasteiger partial charge in [-0.1, -0.05) is 0 Å². The molecule has 0 bridgehead atoms. The monoisotopic (exact) mass is 311 g/mol. The van der Waals surface area contributed by atoms with Gasteiger partial charge in [0.2, 0.25) is 0 Å². The van der Waals surface area contributed by atoms with Gasteiger partial charge in [0.15, 0.2) is 0 Å². The van der Waals surface area contributed by atoms with Crippen LogP contribution in [0, 0.1) is 13.8 Å². The Hall–Kier alpha value is -2.22. The Bertz CT molecular complexity index is 733. The summed E-state index contributed by atoms with van der Waals surface area (Å²) in [6.07, 6.45) is 0. The van der Waals surface area contributed by atoms with Crippen LogP contribution < -0.4 is 14.2 Å². The first kappa shape index (κ1) is 15.2. The van der Waals surface area contributed by atoms with Crippen molar-refractivity contribution in [2.24, 2.45) is 0 Å². The number of nitrogens with zero attached hydrogens (tertiary/aromatic N) is 1. The number of benzene rings is 1. The average molecular weight is 311 g/mol. The normalized spacial score (nSPS) is 11.2. The molecule has 7 nitrogen and oxygen atoms in total. The first-order valence-electron chi connectivity index (χ1n) is 6.15. The second kappa shape index (κ2) is 5.65. The summed E-state index contributed by atoms with van der Waals surface area (Å²) in [4.78, 5) is 0.132. The minimum absolute atomic E-state index is 0.132. The minimum atomic E-state index is -3.77. The lowest BCUT2D eigenvalue weighted by Gasteiger charge is -2.13. The van der Waals surface area contributed by atoms with E-state index < -0.39 is 10.0 Å². The van der Waals surface area contributed by atoms with Crippen molar-refractivity contribution in [3.63, 3.8) is 0 Å². The molecule has 8 heteroatoms. The van der Waals surface area contributed by atoms with E-state index in [1.165, 1.54) is 14.2 Å². The molecule has 0 atom stereocenters. The zero-order chi connectivity index (χ0) is 15.6. The third-order valence-electron chi connectivity index (χ3n) is 2.98. The van der Waals surface area contributed by atoms with Crippen LogP contribution >= 0.6 is 0 Å². The number of rotatable bonds is 5. The third-order valence-corrected chi connectivity index (χ3v) is 4.61. The van der Waals surface area contributed by atoms with Crippen molar-refractivity contribution < 1.29 is 17.9 Å². The van der Waals surface area contributed by atoms with Crippen LogP contribution in [0.2, 0.25) is 0 Å². The Labute approximate surface area is 123 Å². The van der Waals surface area contributed by atoms with Crippen LogP contribution in [0.25, 0.3) is 0 Å². The lowest BCUT2D eigenvalue weighted by Crippen LogP contribution is -2.15. The van der Waals surface area contributed by atoms with Gasteiger partial charge in [0, 0.05) is 6.07 Å². The van der Waals surface area contributed by atoms with Crippen molar-refractivity contribution in [3.8, 4) is 11.5 Å². The van der Waals surface area contributed by atoms with Crippen molar-refractivity contribution >= 4 is 15.7 Å². The molecule has 2 rings (SSSR count). The number of hydrogen-bond donors (Lipinski definition) is 2. The number of anilines is 1. The molecule has 2 aromatic rings. The van der Waals surface area contributed by atoms with Crippen molar-refractivity contribution in [2.45, 2.75) is 18.7 Å². The Morgan fingerprint density at radius 3 is 2.43 bits per heavy atom. The predicted molar refractivity (Wildman–Crippen MR) is 78.4 cm³/mol.